The molecule has 1 unspecified atom stereocenters. The summed E-state index contributed by atoms with van der Waals surface area (Å²) in [5.74, 6) is 1.11. The summed E-state index contributed by atoms with van der Waals surface area (Å²) >= 11 is 0. The van der Waals surface area contributed by atoms with Crippen molar-refractivity contribution in [1.82, 2.24) is 4.90 Å². The molecule has 1 aromatic carbocycles. The molecule has 1 aliphatic rings. The molecule has 0 radical (unpaired) electrons. The van der Waals surface area contributed by atoms with Crippen LogP contribution >= 0.6 is 7.37 Å². The summed E-state index contributed by atoms with van der Waals surface area (Å²) in [7, 11) is -2.85. The number of fused-ring (bicyclic) bond motifs is 1. The van der Waals surface area contributed by atoms with Crippen molar-refractivity contribution in [2.24, 2.45) is 5.92 Å². The summed E-state index contributed by atoms with van der Waals surface area (Å²) < 4.78 is 17.5. The number of benzene rings is 1. The van der Waals surface area contributed by atoms with E-state index in [0.29, 0.717) is 17.7 Å². The molecule has 2 amide bonds. The molecule has 1 atom stereocenters. The molecule has 5 nitrogen and oxygen atoms in total. The Bertz CT molecular complexity index is 631. The quantitative estimate of drug-likeness (QED) is 0.595. The molecule has 1 aromatic rings. The van der Waals surface area contributed by atoms with Crippen LogP contribution in [0.4, 0.5) is 0 Å². The summed E-state index contributed by atoms with van der Waals surface area (Å²) in [5.41, 5.74) is 0.827. The summed E-state index contributed by atoms with van der Waals surface area (Å²) in [6.07, 6.45) is 1.56. The van der Waals surface area contributed by atoms with Gasteiger partial charge in [-0.1, -0.05) is 32.1 Å². The Hall–Kier alpha value is -1.71. The Balaban J connectivity index is 2.01. The van der Waals surface area contributed by atoms with Crippen molar-refractivity contribution in [3.63, 3.8) is 0 Å². The normalized spacial score (nSPS) is 17.4. The van der Waals surface area contributed by atoms with E-state index >= 15 is 0 Å². The molecule has 0 spiro atoms. The molecule has 0 fully saturated rings. The largest absolute Gasteiger partial charge is 0.326 e. The fraction of sp³-hybridized carbons (Fsp3) is 0.375. The SMILES string of the molecule is CC(C)COP(C)(=O)C=CCN1C(=O)c2ccccc2C1=O. The first-order chi connectivity index (χ1) is 10.3. The molecule has 6 heteroatoms. The van der Waals surface area contributed by atoms with E-state index in [1.54, 1.807) is 30.3 Å². The van der Waals surface area contributed by atoms with E-state index in [2.05, 4.69) is 0 Å². The molecular formula is C16H20NO4P. The second-order valence-corrected chi connectivity index (χ2v) is 8.12. The summed E-state index contributed by atoms with van der Waals surface area (Å²) in [4.78, 5) is 25.4. The Morgan fingerprint density at radius 2 is 1.73 bits per heavy atom. The first-order valence-corrected chi connectivity index (χ1v) is 9.30. The highest BCUT2D eigenvalue weighted by Crippen LogP contribution is 2.44. The monoisotopic (exact) mass is 321 g/mol. The fourth-order valence-corrected chi connectivity index (χ4v) is 3.25. The van der Waals surface area contributed by atoms with Gasteiger partial charge in [0.1, 0.15) is 0 Å². The minimum atomic E-state index is -2.85. The van der Waals surface area contributed by atoms with Crippen LogP contribution in [-0.2, 0) is 9.09 Å². The van der Waals surface area contributed by atoms with Gasteiger partial charge in [0.25, 0.3) is 11.8 Å². The van der Waals surface area contributed by atoms with E-state index < -0.39 is 7.37 Å². The van der Waals surface area contributed by atoms with Crippen LogP contribution in [0.5, 0.6) is 0 Å². The zero-order valence-corrected chi connectivity index (χ0v) is 13.9. The molecule has 2 rings (SSSR count). The molecule has 22 heavy (non-hydrogen) atoms. The molecule has 0 saturated heterocycles. The molecule has 0 N–H and O–H groups in total. The van der Waals surface area contributed by atoms with Crippen LogP contribution < -0.4 is 0 Å². The molecule has 0 saturated carbocycles. The van der Waals surface area contributed by atoms with Gasteiger partial charge in [0.2, 0.25) is 7.37 Å². The van der Waals surface area contributed by atoms with Gasteiger partial charge in [0.15, 0.2) is 0 Å². The van der Waals surface area contributed by atoms with Crippen LogP contribution in [0.2, 0.25) is 0 Å². The lowest BCUT2D eigenvalue weighted by atomic mass is 10.1. The summed E-state index contributed by atoms with van der Waals surface area (Å²) in [6.45, 7) is 5.97. The Kier molecular flexibility index (Phi) is 4.99. The zero-order chi connectivity index (χ0) is 16.3. The molecule has 0 bridgehead atoms. The van der Waals surface area contributed by atoms with Gasteiger partial charge in [0.05, 0.1) is 17.7 Å². The van der Waals surface area contributed by atoms with Gasteiger partial charge in [-0.2, -0.15) is 0 Å². The number of imide groups is 1. The van der Waals surface area contributed by atoms with Gasteiger partial charge >= 0.3 is 0 Å². The van der Waals surface area contributed by atoms with Crippen molar-refractivity contribution in [2.45, 2.75) is 13.8 Å². The third-order valence-electron chi connectivity index (χ3n) is 3.21. The van der Waals surface area contributed by atoms with E-state index in [0.717, 1.165) is 4.90 Å². The van der Waals surface area contributed by atoms with Crippen molar-refractivity contribution in [3.8, 4) is 0 Å². The molecule has 118 valence electrons. The van der Waals surface area contributed by atoms with Crippen molar-refractivity contribution >= 4 is 19.2 Å². The highest BCUT2D eigenvalue weighted by molar-refractivity contribution is 7.61. The van der Waals surface area contributed by atoms with E-state index in [1.165, 1.54) is 12.5 Å². The maximum Gasteiger partial charge on any atom is 0.261 e. The van der Waals surface area contributed by atoms with Gasteiger partial charge < -0.3 is 4.52 Å². The second-order valence-electron chi connectivity index (χ2n) is 5.75. The summed E-state index contributed by atoms with van der Waals surface area (Å²) in [5, 5.41) is 0. The highest BCUT2D eigenvalue weighted by atomic mass is 31.2. The lowest BCUT2D eigenvalue weighted by molar-refractivity contribution is 0.0672. The Morgan fingerprint density at radius 1 is 1.18 bits per heavy atom. The third kappa shape index (κ3) is 3.73. The number of hydrogen-bond donors (Lipinski definition) is 0. The van der Waals surface area contributed by atoms with Gasteiger partial charge in [-0.3, -0.25) is 19.1 Å². The van der Waals surface area contributed by atoms with Gasteiger partial charge in [0, 0.05) is 13.2 Å². The number of carbonyl (C=O) groups is 2. The number of carbonyl (C=O) groups excluding carboxylic acids is 2. The second kappa shape index (κ2) is 6.59. The topological polar surface area (TPSA) is 63.7 Å². The molecule has 0 aromatic heterocycles. The molecule has 1 aliphatic heterocycles. The van der Waals surface area contributed by atoms with Gasteiger partial charge in [-0.25, -0.2) is 0 Å². The van der Waals surface area contributed by atoms with E-state index in [-0.39, 0.29) is 24.3 Å². The minimum absolute atomic E-state index is 0.0925. The van der Waals surface area contributed by atoms with Crippen molar-refractivity contribution < 1.29 is 18.7 Å². The zero-order valence-electron chi connectivity index (χ0n) is 13.0. The molecule has 1 heterocycles. The molecular weight excluding hydrogens is 301 g/mol. The van der Waals surface area contributed by atoms with Crippen LogP contribution in [0.3, 0.4) is 0 Å². The van der Waals surface area contributed by atoms with Crippen molar-refractivity contribution in [3.05, 3.63) is 47.3 Å². The lowest BCUT2D eigenvalue weighted by Gasteiger charge is -2.13. The van der Waals surface area contributed by atoms with E-state index in [9.17, 15) is 14.2 Å². The Labute approximate surface area is 130 Å². The van der Waals surface area contributed by atoms with Crippen molar-refractivity contribution in [1.29, 1.82) is 0 Å². The van der Waals surface area contributed by atoms with Crippen LogP contribution in [-0.4, -0.2) is 36.5 Å². The number of nitrogens with zero attached hydrogens (tertiary/aromatic N) is 1. The van der Waals surface area contributed by atoms with Gasteiger partial charge in [-0.15, -0.1) is 0 Å². The fourth-order valence-electron chi connectivity index (χ4n) is 2.09. The lowest BCUT2D eigenvalue weighted by Crippen LogP contribution is -2.29. The maximum absolute atomic E-state index is 12.2. The predicted molar refractivity (Wildman–Crippen MR) is 85.3 cm³/mol. The van der Waals surface area contributed by atoms with Gasteiger partial charge in [-0.05, 0) is 23.9 Å². The molecule has 0 aliphatic carbocycles. The average molecular weight is 321 g/mol. The van der Waals surface area contributed by atoms with Crippen molar-refractivity contribution in [2.75, 3.05) is 19.8 Å². The third-order valence-corrected chi connectivity index (χ3v) is 4.62. The van der Waals surface area contributed by atoms with E-state index in [1.807, 2.05) is 13.8 Å². The standard InChI is InChI=1S/C16H20NO4P/c1-12(2)11-21-22(3,20)10-6-9-17-15(18)13-7-4-5-8-14(13)16(17)19/h4-8,10,12H,9,11H2,1-3H3. The number of rotatable bonds is 6. The Morgan fingerprint density at radius 3 is 2.23 bits per heavy atom. The minimum Gasteiger partial charge on any atom is -0.326 e. The number of hydrogen-bond acceptors (Lipinski definition) is 4. The van der Waals surface area contributed by atoms with Crippen LogP contribution in [0.1, 0.15) is 34.6 Å². The van der Waals surface area contributed by atoms with E-state index in [4.69, 9.17) is 4.52 Å². The van der Waals surface area contributed by atoms with Crippen LogP contribution in [0.25, 0.3) is 0 Å². The van der Waals surface area contributed by atoms with Crippen LogP contribution in [0.15, 0.2) is 36.2 Å². The highest BCUT2D eigenvalue weighted by Gasteiger charge is 2.34. The smallest absolute Gasteiger partial charge is 0.261 e. The van der Waals surface area contributed by atoms with Crippen LogP contribution in [0, 0.1) is 5.92 Å². The first kappa shape index (κ1) is 16.7. The predicted octanol–water partition coefficient (Wildman–Crippen LogP) is 3.38. The average Bonchev–Trinajstić information content (AvgIpc) is 2.71. The first-order valence-electron chi connectivity index (χ1n) is 7.16. The number of amides is 2. The maximum atomic E-state index is 12.2. The summed E-state index contributed by atoms with van der Waals surface area (Å²) in [6, 6.07) is 6.72.